The van der Waals surface area contributed by atoms with E-state index in [9.17, 15) is 13.5 Å². The van der Waals surface area contributed by atoms with Gasteiger partial charge in [0.15, 0.2) is 0 Å². The fraction of sp³-hybridized carbons (Fsp3) is 0.412. The van der Waals surface area contributed by atoms with Gasteiger partial charge in [0.25, 0.3) is 0 Å². The lowest BCUT2D eigenvalue weighted by atomic mass is 10.2. The van der Waals surface area contributed by atoms with Crippen LogP contribution in [0.2, 0.25) is 0 Å². The highest BCUT2D eigenvalue weighted by molar-refractivity contribution is 7.89. The Morgan fingerprint density at radius 1 is 1.17 bits per heavy atom. The van der Waals surface area contributed by atoms with Gasteiger partial charge in [-0.2, -0.15) is 4.31 Å². The maximum Gasteiger partial charge on any atom is 0.243 e. The Balaban J connectivity index is 2.02. The van der Waals surface area contributed by atoms with Crippen molar-refractivity contribution in [1.29, 1.82) is 0 Å². The van der Waals surface area contributed by atoms with Gasteiger partial charge in [-0.3, -0.25) is 0 Å². The van der Waals surface area contributed by atoms with Gasteiger partial charge in [0, 0.05) is 30.2 Å². The summed E-state index contributed by atoms with van der Waals surface area (Å²) in [4.78, 5) is 0.278. The van der Waals surface area contributed by atoms with E-state index in [1.165, 1.54) is 4.31 Å². The van der Waals surface area contributed by atoms with Crippen LogP contribution in [0.1, 0.15) is 17.0 Å². The molecule has 1 aliphatic rings. The minimum atomic E-state index is -3.53. The zero-order chi connectivity index (χ0) is 17.3. The number of aliphatic hydroxyl groups is 1. The maximum atomic E-state index is 12.8. The van der Waals surface area contributed by atoms with Crippen molar-refractivity contribution in [2.45, 2.75) is 25.3 Å². The van der Waals surface area contributed by atoms with E-state index in [4.69, 9.17) is 4.74 Å². The molecule has 0 spiro atoms. The van der Waals surface area contributed by atoms with Gasteiger partial charge >= 0.3 is 0 Å². The van der Waals surface area contributed by atoms with E-state index in [-0.39, 0.29) is 11.5 Å². The number of rotatable bonds is 4. The molecule has 1 aromatic heterocycles. The van der Waals surface area contributed by atoms with Crippen molar-refractivity contribution in [3.8, 4) is 5.69 Å². The third-order valence-corrected chi connectivity index (χ3v) is 6.28. The van der Waals surface area contributed by atoms with E-state index >= 15 is 0 Å². The van der Waals surface area contributed by atoms with Crippen molar-refractivity contribution in [1.82, 2.24) is 8.87 Å². The third kappa shape index (κ3) is 3.00. The summed E-state index contributed by atoms with van der Waals surface area (Å²) in [7, 11) is -3.53. The quantitative estimate of drug-likeness (QED) is 0.909. The summed E-state index contributed by atoms with van der Waals surface area (Å²) in [5.41, 5.74) is 3.49. The average molecular weight is 350 g/mol. The minimum Gasteiger partial charge on any atom is -0.392 e. The SMILES string of the molecule is Cc1cc(CO)c(C)n1-c1cccc(S(=O)(=O)N2CCOCC2)c1. The summed E-state index contributed by atoms with van der Waals surface area (Å²) in [6.07, 6.45) is 0. The number of morpholine rings is 1. The Morgan fingerprint density at radius 2 is 1.88 bits per heavy atom. The standard InChI is InChI=1S/C17H22N2O4S/c1-13-10-15(12-20)14(2)19(13)16-4-3-5-17(11-16)24(21,22)18-6-8-23-9-7-18/h3-5,10-11,20H,6-9,12H2,1-2H3. The Morgan fingerprint density at radius 3 is 2.50 bits per heavy atom. The van der Waals surface area contributed by atoms with Crippen LogP contribution in [-0.2, 0) is 21.4 Å². The molecule has 1 fully saturated rings. The van der Waals surface area contributed by atoms with Crippen LogP contribution in [-0.4, -0.2) is 48.7 Å². The summed E-state index contributed by atoms with van der Waals surface area (Å²) < 4.78 is 34.3. The molecule has 2 heterocycles. The molecule has 6 nitrogen and oxygen atoms in total. The van der Waals surface area contributed by atoms with E-state index in [0.29, 0.717) is 26.3 Å². The molecule has 7 heteroatoms. The van der Waals surface area contributed by atoms with Crippen molar-refractivity contribution >= 4 is 10.0 Å². The number of aliphatic hydroxyl groups excluding tert-OH is 1. The minimum absolute atomic E-state index is 0.0363. The molecular formula is C17H22N2O4S. The first-order valence-corrected chi connectivity index (χ1v) is 9.36. The number of hydrogen-bond donors (Lipinski definition) is 1. The van der Waals surface area contributed by atoms with Crippen molar-refractivity contribution in [2.24, 2.45) is 0 Å². The molecule has 0 amide bonds. The highest BCUT2D eigenvalue weighted by Crippen LogP contribution is 2.24. The van der Waals surface area contributed by atoms with Crippen LogP contribution in [0.5, 0.6) is 0 Å². The average Bonchev–Trinajstić information content (AvgIpc) is 2.89. The fourth-order valence-electron chi connectivity index (χ4n) is 3.11. The monoisotopic (exact) mass is 350 g/mol. The van der Waals surface area contributed by atoms with Crippen LogP contribution in [0, 0.1) is 13.8 Å². The number of ether oxygens (including phenoxy) is 1. The first-order valence-electron chi connectivity index (χ1n) is 7.92. The first kappa shape index (κ1) is 17.2. The predicted octanol–water partition coefficient (Wildman–Crippen LogP) is 1.61. The number of sulfonamides is 1. The lowest BCUT2D eigenvalue weighted by molar-refractivity contribution is 0.0730. The van der Waals surface area contributed by atoms with Crippen molar-refractivity contribution < 1.29 is 18.3 Å². The summed E-state index contributed by atoms with van der Waals surface area (Å²) >= 11 is 0. The van der Waals surface area contributed by atoms with E-state index in [2.05, 4.69) is 0 Å². The number of nitrogens with zero attached hydrogens (tertiary/aromatic N) is 2. The molecular weight excluding hydrogens is 328 g/mol. The summed E-state index contributed by atoms with van der Waals surface area (Å²) in [5, 5.41) is 9.43. The molecule has 0 bridgehead atoms. The van der Waals surface area contributed by atoms with Crippen LogP contribution in [0.25, 0.3) is 5.69 Å². The van der Waals surface area contributed by atoms with Gasteiger partial charge in [0.1, 0.15) is 0 Å². The molecule has 130 valence electrons. The number of hydrogen-bond acceptors (Lipinski definition) is 4. The van der Waals surface area contributed by atoms with Gasteiger partial charge in [0.2, 0.25) is 10.0 Å². The van der Waals surface area contributed by atoms with E-state index in [1.54, 1.807) is 18.2 Å². The second-order valence-electron chi connectivity index (χ2n) is 5.90. The van der Waals surface area contributed by atoms with Gasteiger partial charge < -0.3 is 14.4 Å². The van der Waals surface area contributed by atoms with Crippen LogP contribution in [0.3, 0.4) is 0 Å². The lowest BCUT2D eigenvalue weighted by Gasteiger charge is -2.26. The van der Waals surface area contributed by atoms with Gasteiger partial charge in [-0.15, -0.1) is 0 Å². The second-order valence-corrected chi connectivity index (χ2v) is 7.84. The molecule has 3 rings (SSSR count). The molecule has 0 atom stereocenters. The summed E-state index contributed by atoms with van der Waals surface area (Å²) in [5.74, 6) is 0. The van der Waals surface area contributed by atoms with Gasteiger partial charge in [0.05, 0.1) is 24.7 Å². The molecule has 0 aliphatic carbocycles. The molecule has 1 N–H and O–H groups in total. The van der Waals surface area contributed by atoms with Gasteiger partial charge in [-0.1, -0.05) is 6.07 Å². The molecule has 0 radical (unpaired) electrons. The normalized spacial score (nSPS) is 16.5. The van der Waals surface area contributed by atoms with Crippen LogP contribution >= 0.6 is 0 Å². The highest BCUT2D eigenvalue weighted by Gasteiger charge is 2.26. The Kier molecular flexibility index (Phi) is 4.78. The number of benzene rings is 1. The molecule has 1 aromatic carbocycles. The van der Waals surface area contributed by atoms with Crippen LogP contribution < -0.4 is 0 Å². The Hall–Kier alpha value is -1.67. The smallest absolute Gasteiger partial charge is 0.243 e. The molecule has 0 saturated carbocycles. The van der Waals surface area contributed by atoms with Crippen LogP contribution in [0.4, 0.5) is 0 Å². The third-order valence-electron chi connectivity index (χ3n) is 4.39. The summed E-state index contributed by atoms with van der Waals surface area (Å²) in [6, 6.07) is 8.85. The molecule has 2 aromatic rings. The van der Waals surface area contributed by atoms with Crippen LogP contribution in [0.15, 0.2) is 35.2 Å². The van der Waals surface area contributed by atoms with Gasteiger partial charge in [-0.25, -0.2) is 8.42 Å². The Bertz CT molecular complexity index is 836. The van der Waals surface area contributed by atoms with Crippen molar-refractivity contribution in [3.63, 3.8) is 0 Å². The Labute approximate surface area is 142 Å². The number of aryl methyl sites for hydroxylation is 1. The zero-order valence-corrected chi connectivity index (χ0v) is 14.7. The van der Waals surface area contributed by atoms with Crippen molar-refractivity contribution in [3.05, 3.63) is 47.3 Å². The largest absolute Gasteiger partial charge is 0.392 e. The topological polar surface area (TPSA) is 71.8 Å². The van der Waals surface area contributed by atoms with E-state index < -0.39 is 10.0 Å². The molecule has 1 saturated heterocycles. The van der Waals surface area contributed by atoms with E-state index in [0.717, 1.165) is 22.6 Å². The van der Waals surface area contributed by atoms with E-state index in [1.807, 2.05) is 30.5 Å². The van der Waals surface area contributed by atoms with Crippen molar-refractivity contribution in [2.75, 3.05) is 26.3 Å². The molecule has 0 unspecified atom stereocenters. The second kappa shape index (κ2) is 6.68. The molecule has 1 aliphatic heterocycles. The highest BCUT2D eigenvalue weighted by atomic mass is 32.2. The summed E-state index contributed by atoms with van der Waals surface area (Å²) in [6.45, 7) is 5.43. The fourth-order valence-corrected chi connectivity index (χ4v) is 4.55. The first-order chi connectivity index (χ1) is 11.4. The zero-order valence-electron chi connectivity index (χ0n) is 13.9. The maximum absolute atomic E-state index is 12.8. The lowest BCUT2D eigenvalue weighted by Crippen LogP contribution is -2.40. The number of aromatic nitrogens is 1. The molecule has 24 heavy (non-hydrogen) atoms. The van der Waals surface area contributed by atoms with Gasteiger partial charge in [-0.05, 0) is 43.7 Å². The predicted molar refractivity (Wildman–Crippen MR) is 90.7 cm³/mol.